The van der Waals surface area contributed by atoms with Crippen LogP contribution in [0.2, 0.25) is 0 Å². The lowest BCUT2D eigenvalue weighted by Crippen LogP contribution is -2.59. The second kappa shape index (κ2) is 15.2. The van der Waals surface area contributed by atoms with E-state index in [1.807, 2.05) is 67.0 Å². The first-order valence-electron chi connectivity index (χ1n) is 13.6. The number of benzene rings is 2. The van der Waals surface area contributed by atoms with Gasteiger partial charge in [-0.05, 0) is 48.0 Å². The molecule has 0 saturated heterocycles. The number of para-hydroxylation sites is 1. The summed E-state index contributed by atoms with van der Waals surface area (Å²) in [5, 5.41) is 18.6. The van der Waals surface area contributed by atoms with Crippen LogP contribution in [-0.4, -0.2) is 70.0 Å². The van der Waals surface area contributed by atoms with Gasteiger partial charge in [0.05, 0.1) is 6.04 Å². The number of aromatic nitrogens is 1. The maximum Gasteiger partial charge on any atom is 0.326 e. The zero-order valence-electron chi connectivity index (χ0n) is 23.6. The first-order valence-corrected chi connectivity index (χ1v) is 15.0. The summed E-state index contributed by atoms with van der Waals surface area (Å²) in [6.07, 6.45) is 4.37. The molecule has 0 aliphatic heterocycles. The van der Waals surface area contributed by atoms with Crippen molar-refractivity contribution < 1.29 is 24.3 Å². The number of hydrogen-bond acceptors (Lipinski definition) is 6. The Morgan fingerprint density at radius 1 is 0.878 bits per heavy atom. The van der Waals surface area contributed by atoms with Crippen molar-refractivity contribution in [2.75, 3.05) is 12.0 Å². The van der Waals surface area contributed by atoms with Crippen molar-refractivity contribution >= 4 is 46.4 Å². The number of carbonyl (C=O) groups excluding carboxylic acids is 3. The molecule has 1 aromatic heterocycles. The van der Waals surface area contributed by atoms with Crippen LogP contribution in [0.3, 0.4) is 0 Å². The molecule has 3 amide bonds. The highest BCUT2D eigenvalue weighted by molar-refractivity contribution is 7.98. The van der Waals surface area contributed by atoms with E-state index in [2.05, 4.69) is 20.9 Å². The second-order valence-electron chi connectivity index (χ2n) is 10.3. The molecule has 3 rings (SSSR count). The molecule has 2 aromatic carbocycles. The largest absolute Gasteiger partial charge is 0.480 e. The van der Waals surface area contributed by atoms with E-state index >= 15 is 0 Å². The minimum Gasteiger partial charge on any atom is -0.480 e. The highest BCUT2D eigenvalue weighted by atomic mass is 32.2. The molecule has 11 heteroatoms. The van der Waals surface area contributed by atoms with Gasteiger partial charge in [0.25, 0.3) is 0 Å². The number of nitrogens with one attached hydrogen (secondary N) is 4. The number of carboxylic acid groups (broad SMARTS) is 1. The van der Waals surface area contributed by atoms with Gasteiger partial charge in [-0.15, -0.1) is 0 Å². The minimum absolute atomic E-state index is 0.177. The Morgan fingerprint density at radius 3 is 2.20 bits per heavy atom. The summed E-state index contributed by atoms with van der Waals surface area (Å²) < 4.78 is 0. The lowest BCUT2D eigenvalue weighted by molar-refractivity contribution is -0.142. The van der Waals surface area contributed by atoms with E-state index in [0.29, 0.717) is 5.75 Å². The third kappa shape index (κ3) is 9.09. The molecule has 0 bridgehead atoms. The number of aliphatic carboxylic acids is 1. The molecule has 3 aromatic rings. The Bertz CT molecular complexity index is 1330. The fraction of sp³-hybridized carbons (Fsp3) is 0.400. The summed E-state index contributed by atoms with van der Waals surface area (Å²) in [7, 11) is 0. The highest BCUT2D eigenvalue weighted by Crippen LogP contribution is 2.19. The minimum atomic E-state index is -1.14. The average Bonchev–Trinajstić information content (AvgIpc) is 3.36. The average molecular weight is 582 g/mol. The Morgan fingerprint density at radius 2 is 1.54 bits per heavy atom. The van der Waals surface area contributed by atoms with E-state index in [4.69, 9.17) is 5.73 Å². The van der Waals surface area contributed by atoms with Crippen molar-refractivity contribution in [2.45, 2.75) is 57.3 Å². The van der Waals surface area contributed by atoms with Gasteiger partial charge in [0.15, 0.2) is 0 Å². The van der Waals surface area contributed by atoms with Gasteiger partial charge in [-0.1, -0.05) is 62.4 Å². The van der Waals surface area contributed by atoms with E-state index in [1.165, 1.54) is 11.8 Å². The number of nitrogens with two attached hydrogens (primary N) is 1. The molecule has 1 heterocycles. The van der Waals surface area contributed by atoms with Gasteiger partial charge in [-0.25, -0.2) is 4.79 Å². The molecule has 0 radical (unpaired) electrons. The number of amides is 3. The predicted molar refractivity (Wildman–Crippen MR) is 161 cm³/mol. The van der Waals surface area contributed by atoms with Crippen LogP contribution in [0.1, 0.15) is 31.4 Å². The number of carbonyl (C=O) groups is 4. The number of hydrogen-bond donors (Lipinski definition) is 6. The second-order valence-corrected chi connectivity index (χ2v) is 11.3. The van der Waals surface area contributed by atoms with Crippen LogP contribution in [0.25, 0.3) is 10.9 Å². The number of rotatable bonds is 15. The van der Waals surface area contributed by atoms with Crippen molar-refractivity contribution in [1.82, 2.24) is 20.9 Å². The van der Waals surface area contributed by atoms with E-state index < -0.39 is 47.9 Å². The van der Waals surface area contributed by atoms with Crippen molar-refractivity contribution in [2.24, 2.45) is 11.7 Å². The van der Waals surface area contributed by atoms with Gasteiger partial charge in [0.1, 0.15) is 18.1 Å². The standard InChI is InChI=1S/C30H39N5O5S/c1-18(2)26(29(38)33-24(30(39)40)13-14-41-3)35-28(37)25(15-19-9-5-4-6-10-19)34-27(36)22(31)16-20-17-32-23-12-8-7-11-21(20)23/h4-12,17-18,22,24-26,32H,13-16,31H2,1-3H3,(H,33,38)(H,34,36)(H,35,37)(H,39,40). The number of H-pyrrole nitrogens is 1. The number of aromatic amines is 1. The van der Waals surface area contributed by atoms with Crippen LogP contribution < -0.4 is 21.7 Å². The topological polar surface area (TPSA) is 166 Å². The summed E-state index contributed by atoms with van der Waals surface area (Å²) in [6.45, 7) is 3.51. The smallest absolute Gasteiger partial charge is 0.326 e. The predicted octanol–water partition coefficient (Wildman–Crippen LogP) is 2.23. The van der Waals surface area contributed by atoms with Gasteiger partial charge in [0, 0.05) is 23.5 Å². The summed E-state index contributed by atoms with van der Waals surface area (Å²) in [5.41, 5.74) is 8.92. The highest BCUT2D eigenvalue weighted by Gasteiger charge is 2.32. The maximum atomic E-state index is 13.5. The molecule has 220 valence electrons. The molecule has 10 nitrogen and oxygen atoms in total. The third-order valence-corrected chi connectivity index (χ3v) is 7.48. The maximum absolute atomic E-state index is 13.5. The van der Waals surface area contributed by atoms with Crippen LogP contribution in [-0.2, 0) is 32.0 Å². The quantitative estimate of drug-likeness (QED) is 0.160. The Hall–Kier alpha value is -3.83. The van der Waals surface area contributed by atoms with Crippen LogP contribution in [0.5, 0.6) is 0 Å². The number of carboxylic acids is 1. The fourth-order valence-corrected chi connectivity index (χ4v) is 4.98. The van der Waals surface area contributed by atoms with E-state index in [1.54, 1.807) is 13.8 Å². The number of thioether (sulfide) groups is 1. The Kier molecular flexibility index (Phi) is 11.8. The zero-order valence-corrected chi connectivity index (χ0v) is 24.4. The van der Waals surface area contributed by atoms with E-state index in [9.17, 15) is 24.3 Å². The van der Waals surface area contributed by atoms with Crippen LogP contribution >= 0.6 is 11.8 Å². The molecular formula is C30H39N5O5S. The Labute approximate surface area is 244 Å². The monoisotopic (exact) mass is 581 g/mol. The van der Waals surface area contributed by atoms with Crippen LogP contribution in [0.15, 0.2) is 60.8 Å². The van der Waals surface area contributed by atoms with E-state index in [0.717, 1.165) is 22.0 Å². The summed E-state index contributed by atoms with van der Waals surface area (Å²) in [6, 6.07) is 12.9. The summed E-state index contributed by atoms with van der Waals surface area (Å²) >= 11 is 1.48. The van der Waals surface area contributed by atoms with Crippen molar-refractivity contribution in [1.29, 1.82) is 0 Å². The van der Waals surface area contributed by atoms with Gasteiger partial charge < -0.3 is 31.8 Å². The van der Waals surface area contributed by atoms with Gasteiger partial charge in [-0.3, -0.25) is 14.4 Å². The van der Waals surface area contributed by atoms with Crippen molar-refractivity contribution in [3.05, 3.63) is 71.9 Å². The Balaban J connectivity index is 1.74. The molecule has 0 saturated carbocycles. The molecular weight excluding hydrogens is 542 g/mol. The lowest BCUT2D eigenvalue weighted by atomic mass is 9.99. The van der Waals surface area contributed by atoms with E-state index in [-0.39, 0.29) is 25.2 Å². The third-order valence-electron chi connectivity index (χ3n) is 6.84. The van der Waals surface area contributed by atoms with Gasteiger partial charge in [-0.2, -0.15) is 11.8 Å². The molecule has 4 unspecified atom stereocenters. The fourth-order valence-electron chi connectivity index (χ4n) is 4.51. The SMILES string of the molecule is CSCCC(NC(=O)C(NC(=O)C(Cc1ccccc1)NC(=O)C(N)Cc1c[nH]c2ccccc12)C(C)C)C(=O)O. The van der Waals surface area contributed by atoms with Crippen molar-refractivity contribution in [3.63, 3.8) is 0 Å². The summed E-state index contributed by atoms with van der Waals surface area (Å²) in [4.78, 5) is 54.7. The molecule has 4 atom stereocenters. The lowest BCUT2D eigenvalue weighted by Gasteiger charge is -2.27. The van der Waals surface area contributed by atoms with Crippen LogP contribution in [0, 0.1) is 5.92 Å². The van der Waals surface area contributed by atoms with Crippen molar-refractivity contribution in [3.8, 4) is 0 Å². The molecule has 0 aliphatic rings. The van der Waals surface area contributed by atoms with Crippen LogP contribution in [0.4, 0.5) is 0 Å². The normalized spacial score (nSPS) is 14.2. The number of fused-ring (bicyclic) bond motifs is 1. The first kappa shape index (κ1) is 31.7. The molecule has 0 fully saturated rings. The molecule has 0 aliphatic carbocycles. The summed E-state index contributed by atoms with van der Waals surface area (Å²) in [5.74, 6) is -2.58. The zero-order chi connectivity index (χ0) is 29.9. The molecule has 0 spiro atoms. The first-order chi connectivity index (χ1) is 19.6. The van der Waals surface area contributed by atoms with Gasteiger partial charge in [0.2, 0.25) is 17.7 Å². The van der Waals surface area contributed by atoms with Gasteiger partial charge >= 0.3 is 5.97 Å². The molecule has 41 heavy (non-hydrogen) atoms. The molecule has 7 N–H and O–H groups in total.